The van der Waals surface area contributed by atoms with E-state index in [9.17, 15) is 0 Å². The number of nitrogens with zero attached hydrogens (tertiary/aromatic N) is 1. The maximum absolute atomic E-state index is 5.95. The van der Waals surface area contributed by atoms with Crippen LogP contribution in [0.3, 0.4) is 0 Å². The lowest BCUT2D eigenvalue weighted by Gasteiger charge is -2.09. The van der Waals surface area contributed by atoms with Gasteiger partial charge >= 0.3 is 0 Å². The Hall–Kier alpha value is -1.80. The summed E-state index contributed by atoms with van der Waals surface area (Å²) in [6, 6.07) is 15.6. The van der Waals surface area contributed by atoms with Crippen LogP contribution < -0.4 is 15.8 Å². The van der Waals surface area contributed by atoms with Crippen LogP contribution >= 0.6 is 24.0 Å². The molecule has 2 aromatic carbocycles. The van der Waals surface area contributed by atoms with Crippen LogP contribution in [0.1, 0.15) is 18.1 Å². The molecule has 0 amide bonds. The molecule has 0 atom stereocenters. The minimum absolute atomic E-state index is 0. The van der Waals surface area contributed by atoms with E-state index in [0.29, 0.717) is 25.7 Å². The van der Waals surface area contributed by atoms with E-state index in [4.69, 9.17) is 15.2 Å². The molecule has 0 saturated carbocycles. The maximum atomic E-state index is 5.95. The number of hydrogen-bond acceptors (Lipinski definition) is 3. The van der Waals surface area contributed by atoms with Crippen LogP contribution in [-0.4, -0.2) is 19.7 Å². The van der Waals surface area contributed by atoms with Gasteiger partial charge in [-0.3, -0.25) is 0 Å². The number of halogens is 1. The normalized spacial score (nSPS) is 10.8. The SMILES string of the molecule is CCOCc1ccccc1CN=C(N)Nc1ccc(OC)cc1.I. The third kappa shape index (κ3) is 6.37. The van der Waals surface area contributed by atoms with Gasteiger partial charge in [0.1, 0.15) is 5.75 Å². The second-order valence-electron chi connectivity index (χ2n) is 4.96. The summed E-state index contributed by atoms with van der Waals surface area (Å²) in [6.07, 6.45) is 0. The molecule has 0 radical (unpaired) electrons. The van der Waals surface area contributed by atoms with Gasteiger partial charge in [0.2, 0.25) is 0 Å². The van der Waals surface area contributed by atoms with Crippen LogP contribution in [-0.2, 0) is 17.9 Å². The van der Waals surface area contributed by atoms with Gasteiger partial charge < -0.3 is 20.5 Å². The molecule has 0 saturated heterocycles. The first kappa shape index (κ1) is 20.2. The van der Waals surface area contributed by atoms with E-state index in [2.05, 4.69) is 10.3 Å². The predicted octanol–water partition coefficient (Wildman–Crippen LogP) is 3.78. The Balaban J connectivity index is 0.00000288. The van der Waals surface area contributed by atoms with E-state index in [0.717, 1.165) is 22.6 Å². The highest BCUT2D eigenvalue weighted by molar-refractivity contribution is 14.0. The van der Waals surface area contributed by atoms with Crippen molar-refractivity contribution in [2.24, 2.45) is 10.7 Å². The van der Waals surface area contributed by atoms with Gasteiger partial charge in [-0.1, -0.05) is 24.3 Å². The summed E-state index contributed by atoms with van der Waals surface area (Å²) in [5.41, 5.74) is 9.07. The largest absolute Gasteiger partial charge is 0.497 e. The van der Waals surface area contributed by atoms with Gasteiger partial charge in [-0.05, 0) is 42.3 Å². The standard InChI is InChI=1S/C18H23N3O2.HI/c1-3-23-13-15-7-5-4-6-14(15)12-20-18(19)21-16-8-10-17(22-2)11-9-16;/h4-11H,3,12-13H2,1-2H3,(H3,19,20,21);1H. The zero-order chi connectivity index (χ0) is 16.5. The lowest BCUT2D eigenvalue weighted by atomic mass is 10.1. The molecule has 0 aliphatic carbocycles. The molecule has 3 N–H and O–H groups in total. The second-order valence-corrected chi connectivity index (χ2v) is 4.96. The number of guanidine groups is 1. The molecular formula is C18H24IN3O2. The molecule has 0 aliphatic heterocycles. The van der Waals surface area contributed by atoms with Crippen LogP contribution in [0.25, 0.3) is 0 Å². The van der Waals surface area contributed by atoms with E-state index in [1.807, 2.05) is 55.5 Å². The number of hydrogen-bond donors (Lipinski definition) is 2. The quantitative estimate of drug-likeness (QED) is 0.390. The van der Waals surface area contributed by atoms with Gasteiger partial charge in [-0.2, -0.15) is 0 Å². The van der Waals surface area contributed by atoms with Crippen molar-refractivity contribution < 1.29 is 9.47 Å². The Morgan fingerprint density at radius 1 is 1.08 bits per heavy atom. The van der Waals surface area contributed by atoms with Crippen LogP contribution in [0.5, 0.6) is 5.75 Å². The van der Waals surface area contributed by atoms with Crippen molar-refractivity contribution in [3.05, 3.63) is 59.7 Å². The third-order valence-electron chi connectivity index (χ3n) is 3.36. The van der Waals surface area contributed by atoms with Gasteiger partial charge in [0, 0.05) is 12.3 Å². The average molecular weight is 441 g/mol. The Morgan fingerprint density at radius 2 is 1.75 bits per heavy atom. The van der Waals surface area contributed by atoms with Crippen LogP contribution in [0.15, 0.2) is 53.5 Å². The van der Waals surface area contributed by atoms with Crippen LogP contribution in [0.4, 0.5) is 5.69 Å². The second kappa shape index (κ2) is 10.9. The fraction of sp³-hybridized carbons (Fsp3) is 0.278. The molecule has 130 valence electrons. The topological polar surface area (TPSA) is 68.9 Å². The van der Waals surface area contributed by atoms with Gasteiger partial charge in [0.05, 0.1) is 20.3 Å². The van der Waals surface area contributed by atoms with Crippen LogP contribution in [0.2, 0.25) is 0 Å². The van der Waals surface area contributed by atoms with Crippen molar-refractivity contribution in [1.29, 1.82) is 0 Å². The van der Waals surface area contributed by atoms with Crippen molar-refractivity contribution in [2.45, 2.75) is 20.1 Å². The molecule has 0 heterocycles. The molecule has 0 aromatic heterocycles. The van der Waals surface area contributed by atoms with Gasteiger partial charge in [-0.15, -0.1) is 24.0 Å². The van der Waals surface area contributed by atoms with Crippen molar-refractivity contribution in [1.82, 2.24) is 0 Å². The number of methoxy groups -OCH3 is 1. The zero-order valence-electron chi connectivity index (χ0n) is 14.0. The molecule has 2 aromatic rings. The minimum Gasteiger partial charge on any atom is -0.497 e. The van der Waals surface area contributed by atoms with E-state index < -0.39 is 0 Å². The summed E-state index contributed by atoms with van der Waals surface area (Å²) in [5, 5.41) is 3.07. The summed E-state index contributed by atoms with van der Waals surface area (Å²) in [5.74, 6) is 1.18. The lowest BCUT2D eigenvalue weighted by Crippen LogP contribution is -2.22. The molecular weight excluding hydrogens is 417 g/mol. The number of nitrogens with one attached hydrogen (secondary N) is 1. The highest BCUT2D eigenvalue weighted by Crippen LogP contribution is 2.15. The smallest absolute Gasteiger partial charge is 0.193 e. The fourth-order valence-corrected chi connectivity index (χ4v) is 2.10. The maximum Gasteiger partial charge on any atom is 0.193 e. The number of rotatable bonds is 7. The summed E-state index contributed by atoms with van der Waals surface area (Å²) in [4.78, 5) is 4.40. The van der Waals surface area contributed by atoms with Crippen molar-refractivity contribution in [3.63, 3.8) is 0 Å². The van der Waals surface area contributed by atoms with E-state index in [1.54, 1.807) is 7.11 Å². The molecule has 2 rings (SSSR count). The molecule has 0 aliphatic rings. The van der Waals surface area contributed by atoms with Gasteiger partial charge in [0.15, 0.2) is 5.96 Å². The lowest BCUT2D eigenvalue weighted by molar-refractivity contribution is 0.133. The van der Waals surface area contributed by atoms with Crippen molar-refractivity contribution in [2.75, 3.05) is 19.0 Å². The van der Waals surface area contributed by atoms with E-state index in [1.165, 1.54) is 0 Å². The highest BCUT2D eigenvalue weighted by atomic mass is 127. The fourth-order valence-electron chi connectivity index (χ4n) is 2.10. The zero-order valence-corrected chi connectivity index (χ0v) is 16.3. The third-order valence-corrected chi connectivity index (χ3v) is 3.36. The van der Waals surface area contributed by atoms with Gasteiger partial charge in [0.25, 0.3) is 0 Å². The van der Waals surface area contributed by atoms with E-state index >= 15 is 0 Å². The predicted molar refractivity (Wildman–Crippen MR) is 109 cm³/mol. The molecule has 6 heteroatoms. The van der Waals surface area contributed by atoms with E-state index in [-0.39, 0.29) is 24.0 Å². The minimum atomic E-state index is 0. The monoisotopic (exact) mass is 441 g/mol. The number of anilines is 1. The summed E-state index contributed by atoms with van der Waals surface area (Å²) in [7, 11) is 1.64. The van der Waals surface area contributed by atoms with Gasteiger partial charge in [-0.25, -0.2) is 4.99 Å². The molecule has 24 heavy (non-hydrogen) atoms. The number of aliphatic imine (C=N–C) groups is 1. The molecule has 0 fully saturated rings. The first-order valence-electron chi connectivity index (χ1n) is 7.58. The Kier molecular flexibility index (Phi) is 9.18. The van der Waals surface area contributed by atoms with Crippen molar-refractivity contribution in [3.8, 4) is 5.75 Å². The Labute approximate surface area is 160 Å². The first-order valence-corrected chi connectivity index (χ1v) is 7.58. The first-order chi connectivity index (χ1) is 11.2. The summed E-state index contributed by atoms with van der Waals surface area (Å²) >= 11 is 0. The number of ether oxygens (including phenoxy) is 2. The Bertz CT molecular complexity index is 645. The average Bonchev–Trinajstić information content (AvgIpc) is 2.59. The van der Waals surface area contributed by atoms with Crippen molar-refractivity contribution >= 4 is 35.6 Å². The van der Waals surface area contributed by atoms with Crippen LogP contribution in [0, 0.1) is 0 Å². The molecule has 0 bridgehead atoms. The molecule has 0 unspecified atom stereocenters. The highest BCUT2D eigenvalue weighted by Gasteiger charge is 2.02. The Morgan fingerprint density at radius 3 is 2.38 bits per heavy atom. The summed E-state index contributed by atoms with van der Waals surface area (Å²) in [6.45, 7) is 3.78. The summed E-state index contributed by atoms with van der Waals surface area (Å²) < 4.78 is 10.6. The number of nitrogens with two attached hydrogens (primary N) is 1. The molecule has 5 nitrogen and oxygen atoms in total. The molecule has 0 spiro atoms. The number of benzene rings is 2.